The summed E-state index contributed by atoms with van der Waals surface area (Å²) >= 11 is 0. The summed E-state index contributed by atoms with van der Waals surface area (Å²) < 4.78 is 33.4. The Hall–Kier alpha value is -1.80. The van der Waals surface area contributed by atoms with Gasteiger partial charge < -0.3 is 20.1 Å². The zero-order valence-electron chi connectivity index (χ0n) is 34.0. The molecule has 0 radical (unpaired) electrons. The predicted octanol–water partition coefficient (Wildman–Crippen LogP) is 12.6. The monoisotopic (exact) mass is 766 g/mol. The Labute approximate surface area is 325 Å². The van der Waals surface area contributed by atoms with E-state index in [4.69, 9.17) is 24.3 Å². The summed E-state index contributed by atoms with van der Waals surface area (Å²) in [5.74, 6) is -0.341. The van der Waals surface area contributed by atoms with Crippen LogP contribution in [0.5, 0.6) is 0 Å². The molecule has 0 aromatic heterocycles. The molecule has 0 bridgehead atoms. The van der Waals surface area contributed by atoms with Crippen molar-refractivity contribution >= 4 is 13.8 Å². The van der Waals surface area contributed by atoms with Crippen molar-refractivity contribution in [2.75, 3.05) is 33.0 Å². The third-order valence-corrected chi connectivity index (χ3v) is 9.68. The second-order valence-electron chi connectivity index (χ2n) is 13.8. The van der Waals surface area contributed by atoms with Crippen LogP contribution in [0.15, 0.2) is 60.8 Å². The first-order valence-electron chi connectivity index (χ1n) is 21.3. The second kappa shape index (κ2) is 41.4. The lowest BCUT2D eigenvalue weighted by molar-refractivity contribution is -0.154. The second-order valence-corrected chi connectivity index (χ2v) is 15.3. The number of nitrogens with two attached hydrogens (primary N) is 1. The first-order valence-corrected chi connectivity index (χ1v) is 22.8. The molecule has 53 heavy (non-hydrogen) atoms. The minimum absolute atomic E-state index is 0.0942. The van der Waals surface area contributed by atoms with Gasteiger partial charge in [-0.2, -0.15) is 0 Å². The number of unbranched alkanes of at least 4 members (excludes halogenated alkanes) is 17. The zero-order valence-corrected chi connectivity index (χ0v) is 34.9. The number of phosphoric ester groups is 1. The normalized spacial score (nSPS) is 14.1. The predicted molar refractivity (Wildman–Crippen MR) is 224 cm³/mol. The van der Waals surface area contributed by atoms with Crippen molar-refractivity contribution in [2.24, 2.45) is 5.73 Å². The van der Waals surface area contributed by atoms with E-state index in [2.05, 4.69) is 74.6 Å². The van der Waals surface area contributed by atoms with Gasteiger partial charge in [0.25, 0.3) is 0 Å². The van der Waals surface area contributed by atoms with Crippen LogP contribution in [-0.2, 0) is 27.9 Å². The maximum Gasteiger partial charge on any atom is 0.472 e. The average molecular weight is 766 g/mol. The number of rotatable bonds is 40. The molecule has 2 unspecified atom stereocenters. The topological polar surface area (TPSA) is 117 Å². The molecule has 0 heterocycles. The average Bonchev–Trinajstić information content (AvgIpc) is 3.15. The highest BCUT2D eigenvalue weighted by Gasteiger charge is 2.25. The number of ether oxygens (including phenoxy) is 2. The van der Waals surface area contributed by atoms with E-state index >= 15 is 0 Å². The highest BCUT2D eigenvalue weighted by atomic mass is 31.2. The molecule has 0 aromatic rings. The van der Waals surface area contributed by atoms with Crippen LogP contribution >= 0.6 is 7.82 Å². The molecule has 8 nitrogen and oxygen atoms in total. The molecule has 0 fully saturated rings. The van der Waals surface area contributed by atoms with Gasteiger partial charge >= 0.3 is 13.8 Å². The lowest BCUT2D eigenvalue weighted by Gasteiger charge is -2.20. The molecule has 308 valence electrons. The van der Waals surface area contributed by atoms with Gasteiger partial charge in [0.2, 0.25) is 0 Å². The standard InChI is InChI=1S/C44H80NO7P/c1-3-5-7-9-11-13-15-17-19-20-21-22-23-24-26-28-30-32-34-36-39-49-41-43(42-51-53(47,48)50-40-38-45)52-44(46)37-35-33-31-29-27-25-18-16-14-12-10-8-6-4-2/h5,7,11,13,17,19,21-22,24,26,43H,3-4,6,8-10,12,14-16,18,20,23,25,27-42,45H2,1-2H3,(H,47,48)/b7-5-,13-11-,19-17-,22-21-,26-24-. The molecular weight excluding hydrogens is 685 g/mol. The molecule has 3 N–H and O–H groups in total. The number of hydrogen-bond acceptors (Lipinski definition) is 7. The third-order valence-electron chi connectivity index (χ3n) is 8.70. The van der Waals surface area contributed by atoms with Crippen LogP contribution in [0.3, 0.4) is 0 Å². The molecule has 0 spiro atoms. The molecule has 0 saturated carbocycles. The van der Waals surface area contributed by atoms with Gasteiger partial charge in [0.1, 0.15) is 6.10 Å². The lowest BCUT2D eigenvalue weighted by Crippen LogP contribution is -2.28. The summed E-state index contributed by atoms with van der Waals surface area (Å²) in [5, 5.41) is 0. The first kappa shape index (κ1) is 51.2. The van der Waals surface area contributed by atoms with Gasteiger partial charge in [-0.25, -0.2) is 4.57 Å². The number of carbonyl (C=O) groups excluding carboxylic acids is 1. The van der Waals surface area contributed by atoms with Crippen molar-refractivity contribution < 1.29 is 32.8 Å². The van der Waals surface area contributed by atoms with Crippen LogP contribution in [0.4, 0.5) is 0 Å². The number of esters is 1. The van der Waals surface area contributed by atoms with Crippen molar-refractivity contribution in [3.05, 3.63) is 60.8 Å². The van der Waals surface area contributed by atoms with E-state index in [1.807, 2.05) is 0 Å². The van der Waals surface area contributed by atoms with Crippen molar-refractivity contribution in [3.63, 3.8) is 0 Å². The zero-order chi connectivity index (χ0) is 38.8. The molecule has 9 heteroatoms. The Kier molecular flexibility index (Phi) is 40.0. The Morgan fingerprint density at radius 2 is 1.06 bits per heavy atom. The van der Waals surface area contributed by atoms with E-state index in [0.29, 0.717) is 13.0 Å². The molecule has 0 saturated heterocycles. The minimum atomic E-state index is -4.28. The number of allylic oxidation sites excluding steroid dienone is 10. The quantitative estimate of drug-likeness (QED) is 0.0274. The highest BCUT2D eigenvalue weighted by Crippen LogP contribution is 2.43. The summed E-state index contributed by atoms with van der Waals surface area (Å²) in [6.45, 7) is 4.74. The van der Waals surface area contributed by atoms with Crippen LogP contribution < -0.4 is 5.73 Å². The maximum absolute atomic E-state index is 12.6. The fourth-order valence-electron chi connectivity index (χ4n) is 5.61. The van der Waals surface area contributed by atoms with Crippen LogP contribution in [0.25, 0.3) is 0 Å². The van der Waals surface area contributed by atoms with Crippen molar-refractivity contribution in [2.45, 2.75) is 180 Å². The van der Waals surface area contributed by atoms with E-state index in [0.717, 1.165) is 83.5 Å². The molecule has 0 rings (SSSR count). The van der Waals surface area contributed by atoms with Gasteiger partial charge in [0, 0.05) is 19.6 Å². The number of hydrogen-bond donors (Lipinski definition) is 2. The number of phosphoric acid groups is 1. The van der Waals surface area contributed by atoms with Gasteiger partial charge in [0.05, 0.1) is 19.8 Å². The fourth-order valence-corrected chi connectivity index (χ4v) is 6.38. The summed E-state index contributed by atoms with van der Waals surface area (Å²) in [6.07, 6.45) is 49.5. The summed E-state index contributed by atoms with van der Waals surface area (Å²) in [7, 11) is -4.28. The van der Waals surface area contributed by atoms with Gasteiger partial charge in [-0.05, 0) is 57.8 Å². The van der Waals surface area contributed by atoms with Crippen LogP contribution in [-0.4, -0.2) is 49.9 Å². The number of carbonyl (C=O) groups is 1. The van der Waals surface area contributed by atoms with Crippen LogP contribution in [0.2, 0.25) is 0 Å². The van der Waals surface area contributed by atoms with E-state index in [1.54, 1.807) is 0 Å². The summed E-state index contributed by atoms with van der Waals surface area (Å²) in [4.78, 5) is 22.4. The smallest absolute Gasteiger partial charge is 0.457 e. The van der Waals surface area contributed by atoms with Gasteiger partial charge in [-0.3, -0.25) is 13.8 Å². The molecule has 0 aliphatic rings. The van der Waals surface area contributed by atoms with Crippen LogP contribution in [0.1, 0.15) is 174 Å². The SMILES string of the molecule is CC/C=C\C/C=C\C/C=C\C/C=C\C/C=C\CCCCCCOCC(COP(=O)(O)OCCN)OC(=O)CCCCCCCCCCCCCCCC. The van der Waals surface area contributed by atoms with E-state index in [1.165, 1.54) is 70.6 Å². The minimum Gasteiger partial charge on any atom is -0.457 e. The molecule has 0 aliphatic carbocycles. The van der Waals surface area contributed by atoms with Crippen molar-refractivity contribution in [1.82, 2.24) is 0 Å². The molecule has 0 aromatic carbocycles. The Morgan fingerprint density at radius 1 is 0.585 bits per heavy atom. The van der Waals surface area contributed by atoms with E-state index < -0.39 is 13.9 Å². The molecular formula is C44H80NO7P. The first-order chi connectivity index (χ1) is 25.9. The Balaban J connectivity index is 4.10. The Bertz CT molecular complexity index is 994. The van der Waals surface area contributed by atoms with E-state index in [-0.39, 0.29) is 32.3 Å². The molecule has 2 atom stereocenters. The summed E-state index contributed by atoms with van der Waals surface area (Å²) in [5.41, 5.74) is 5.36. The van der Waals surface area contributed by atoms with Gasteiger partial charge in [-0.15, -0.1) is 0 Å². The fraction of sp³-hybridized carbons (Fsp3) is 0.750. The Morgan fingerprint density at radius 3 is 1.58 bits per heavy atom. The van der Waals surface area contributed by atoms with Gasteiger partial charge in [0.15, 0.2) is 0 Å². The lowest BCUT2D eigenvalue weighted by atomic mass is 10.0. The maximum atomic E-state index is 12.6. The van der Waals surface area contributed by atoms with Crippen molar-refractivity contribution in [1.29, 1.82) is 0 Å². The molecule has 0 aliphatic heterocycles. The summed E-state index contributed by atoms with van der Waals surface area (Å²) in [6, 6.07) is 0. The molecule has 0 amide bonds. The highest BCUT2D eigenvalue weighted by molar-refractivity contribution is 7.47. The third kappa shape index (κ3) is 41.2. The van der Waals surface area contributed by atoms with E-state index in [9.17, 15) is 14.3 Å². The van der Waals surface area contributed by atoms with Gasteiger partial charge in [-0.1, -0.05) is 171 Å². The van der Waals surface area contributed by atoms with Crippen LogP contribution in [0, 0.1) is 0 Å². The largest absolute Gasteiger partial charge is 0.472 e. The van der Waals surface area contributed by atoms with Crippen molar-refractivity contribution in [3.8, 4) is 0 Å².